The van der Waals surface area contributed by atoms with E-state index >= 15 is 0 Å². The second-order valence-corrected chi connectivity index (χ2v) is 7.22. The summed E-state index contributed by atoms with van der Waals surface area (Å²) in [6.45, 7) is 14.1. The molecule has 2 aliphatic rings. The number of hydrogen-bond donors (Lipinski definition) is 0. The third kappa shape index (κ3) is 5.13. The molecule has 1 atom stereocenters. The highest BCUT2D eigenvalue weighted by Crippen LogP contribution is 2.23. The molecule has 0 unspecified atom stereocenters. The Morgan fingerprint density at radius 3 is 2.33 bits per heavy atom. The van der Waals surface area contributed by atoms with Crippen LogP contribution in [-0.2, 0) is 14.2 Å². The third-order valence-electron chi connectivity index (χ3n) is 3.55. The van der Waals surface area contributed by atoms with Gasteiger partial charge in [-0.3, -0.25) is 4.90 Å². The summed E-state index contributed by atoms with van der Waals surface area (Å²) in [6.07, 6.45) is -0.100. The maximum absolute atomic E-state index is 12.0. The second-order valence-electron chi connectivity index (χ2n) is 7.22. The van der Waals surface area contributed by atoms with Crippen LogP contribution in [0.15, 0.2) is 0 Å². The van der Waals surface area contributed by atoms with Gasteiger partial charge in [-0.05, 0) is 34.6 Å². The van der Waals surface area contributed by atoms with E-state index in [1.54, 1.807) is 4.90 Å². The van der Waals surface area contributed by atoms with Crippen LogP contribution in [-0.4, -0.2) is 72.7 Å². The van der Waals surface area contributed by atoms with E-state index in [0.29, 0.717) is 19.7 Å². The van der Waals surface area contributed by atoms with Gasteiger partial charge in [0.15, 0.2) is 5.79 Å². The fourth-order valence-corrected chi connectivity index (χ4v) is 2.58. The van der Waals surface area contributed by atoms with Crippen LogP contribution in [0.5, 0.6) is 0 Å². The maximum atomic E-state index is 12.0. The highest BCUT2D eigenvalue weighted by Gasteiger charge is 2.34. The van der Waals surface area contributed by atoms with Crippen molar-refractivity contribution in [3.63, 3.8) is 0 Å². The molecule has 0 aliphatic carbocycles. The number of amides is 1. The molecule has 0 aromatic rings. The lowest BCUT2D eigenvalue weighted by atomic mass is 10.2. The minimum absolute atomic E-state index is 0.119. The Labute approximate surface area is 127 Å². The summed E-state index contributed by atoms with van der Waals surface area (Å²) in [5.74, 6) is -0.469. The van der Waals surface area contributed by atoms with Gasteiger partial charge in [0.2, 0.25) is 0 Å². The van der Waals surface area contributed by atoms with E-state index in [1.807, 2.05) is 34.6 Å². The lowest BCUT2D eigenvalue weighted by Gasteiger charge is -2.36. The number of hydrogen-bond acceptors (Lipinski definition) is 5. The molecule has 2 saturated heterocycles. The Balaban J connectivity index is 1.72. The number of ether oxygens (including phenoxy) is 3. The molecule has 1 amide bonds. The highest BCUT2D eigenvalue weighted by atomic mass is 16.7. The van der Waals surface area contributed by atoms with E-state index in [0.717, 1.165) is 19.6 Å². The van der Waals surface area contributed by atoms with Crippen LogP contribution >= 0.6 is 0 Å². The fourth-order valence-electron chi connectivity index (χ4n) is 2.58. The van der Waals surface area contributed by atoms with Gasteiger partial charge < -0.3 is 19.1 Å². The van der Waals surface area contributed by atoms with E-state index in [9.17, 15) is 4.79 Å². The molecule has 122 valence electrons. The normalized spacial score (nSPS) is 26.9. The van der Waals surface area contributed by atoms with Crippen molar-refractivity contribution < 1.29 is 19.0 Å². The van der Waals surface area contributed by atoms with E-state index in [-0.39, 0.29) is 12.2 Å². The Hall–Kier alpha value is -0.850. The molecule has 0 N–H and O–H groups in total. The van der Waals surface area contributed by atoms with Crippen LogP contribution in [0.4, 0.5) is 4.79 Å². The van der Waals surface area contributed by atoms with Gasteiger partial charge >= 0.3 is 6.09 Å². The topological polar surface area (TPSA) is 51.2 Å². The minimum Gasteiger partial charge on any atom is -0.444 e. The number of carbonyl (C=O) groups excluding carboxylic acids is 1. The maximum Gasteiger partial charge on any atom is 0.410 e. The lowest BCUT2D eigenvalue weighted by Crippen LogP contribution is -2.51. The van der Waals surface area contributed by atoms with E-state index < -0.39 is 11.4 Å². The van der Waals surface area contributed by atoms with Gasteiger partial charge in [0.25, 0.3) is 0 Å². The van der Waals surface area contributed by atoms with Crippen molar-refractivity contribution >= 4 is 6.09 Å². The lowest BCUT2D eigenvalue weighted by molar-refractivity contribution is -0.140. The Bertz CT molecular complexity index is 370. The third-order valence-corrected chi connectivity index (χ3v) is 3.55. The van der Waals surface area contributed by atoms with Crippen molar-refractivity contribution in [2.45, 2.75) is 52.1 Å². The van der Waals surface area contributed by atoms with Crippen LogP contribution in [0.3, 0.4) is 0 Å². The van der Waals surface area contributed by atoms with Gasteiger partial charge in [0, 0.05) is 32.7 Å². The Morgan fingerprint density at radius 2 is 1.86 bits per heavy atom. The van der Waals surface area contributed by atoms with Crippen LogP contribution in [0.1, 0.15) is 34.6 Å². The van der Waals surface area contributed by atoms with Gasteiger partial charge in [0.05, 0.1) is 12.7 Å². The van der Waals surface area contributed by atoms with Crippen molar-refractivity contribution in [3.8, 4) is 0 Å². The summed E-state index contributed by atoms with van der Waals surface area (Å²) < 4.78 is 16.8. The summed E-state index contributed by atoms with van der Waals surface area (Å²) >= 11 is 0. The SMILES string of the molecule is CC(C)(C)OC(=O)N1CCN(C[C@H]2COC(C)(C)O2)CC1. The Morgan fingerprint density at radius 1 is 1.24 bits per heavy atom. The number of carbonyl (C=O) groups is 1. The summed E-state index contributed by atoms with van der Waals surface area (Å²) in [4.78, 5) is 16.1. The molecule has 2 rings (SSSR count). The molecule has 2 fully saturated rings. The summed E-state index contributed by atoms with van der Waals surface area (Å²) in [6, 6.07) is 0. The quantitative estimate of drug-likeness (QED) is 0.777. The van der Waals surface area contributed by atoms with Crippen molar-refractivity contribution in [1.29, 1.82) is 0 Å². The molecule has 0 radical (unpaired) electrons. The molecule has 2 heterocycles. The summed E-state index contributed by atoms with van der Waals surface area (Å²) in [5.41, 5.74) is -0.436. The predicted molar refractivity (Wildman–Crippen MR) is 79.2 cm³/mol. The molecular formula is C15H28N2O4. The molecule has 0 bridgehead atoms. The van der Waals surface area contributed by atoms with E-state index in [2.05, 4.69) is 4.90 Å². The standard InChI is InChI=1S/C15H28N2O4/c1-14(2,3)21-13(18)17-8-6-16(7-9-17)10-12-11-19-15(4,5)20-12/h12H,6-11H2,1-5H3/t12-/m0/s1. The molecule has 0 aromatic heterocycles. The van der Waals surface area contributed by atoms with Crippen LogP contribution < -0.4 is 0 Å². The monoisotopic (exact) mass is 300 g/mol. The first-order chi connectivity index (χ1) is 9.65. The average molecular weight is 300 g/mol. The first-order valence-electron chi connectivity index (χ1n) is 7.67. The molecule has 6 heteroatoms. The van der Waals surface area contributed by atoms with Crippen LogP contribution in [0, 0.1) is 0 Å². The van der Waals surface area contributed by atoms with Gasteiger partial charge in [-0.15, -0.1) is 0 Å². The second kappa shape index (κ2) is 6.10. The number of piperazine rings is 1. The van der Waals surface area contributed by atoms with Gasteiger partial charge in [-0.1, -0.05) is 0 Å². The fraction of sp³-hybridized carbons (Fsp3) is 0.933. The molecule has 21 heavy (non-hydrogen) atoms. The number of rotatable bonds is 2. The largest absolute Gasteiger partial charge is 0.444 e. The minimum atomic E-state index is -0.469. The number of nitrogens with zero attached hydrogens (tertiary/aromatic N) is 2. The van der Waals surface area contributed by atoms with Crippen LogP contribution in [0.25, 0.3) is 0 Å². The molecule has 6 nitrogen and oxygen atoms in total. The Kier molecular flexibility index (Phi) is 4.80. The van der Waals surface area contributed by atoms with Gasteiger partial charge in [0.1, 0.15) is 5.60 Å². The zero-order valence-electron chi connectivity index (χ0n) is 13.8. The van der Waals surface area contributed by atoms with Crippen molar-refractivity contribution in [2.24, 2.45) is 0 Å². The highest BCUT2D eigenvalue weighted by molar-refractivity contribution is 5.68. The zero-order chi connectivity index (χ0) is 15.7. The van der Waals surface area contributed by atoms with Crippen molar-refractivity contribution in [3.05, 3.63) is 0 Å². The van der Waals surface area contributed by atoms with Crippen molar-refractivity contribution in [1.82, 2.24) is 9.80 Å². The average Bonchev–Trinajstić information content (AvgIpc) is 2.67. The zero-order valence-corrected chi connectivity index (χ0v) is 13.8. The van der Waals surface area contributed by atoms with Gasteiger partial charge in [-0.2, -0.15) is 0 Å². The first kappa shape index (κ1) is 16.5. The molecule has 2 aliphatic heterocycles. The molecule has 0 aromatic carbocycles. The summed E-state index contributed by atoms with van der Waals surface area (Å²) in [7, 11) is 0. The van der Waals surface area contributed by atoms with Gasteiger partial charge in [-0.25, -0.2) is 4.79 Å². The van der Waals surface area contributed by atoms with Crippen molar-refractivity contribution in [2.75, 3.05) is 39.3 Å². The van der Waals surface area contributed by atoms with E-state index in [4.69, 9.17) is 14.2 Å². The molecule has 0 saturated carbocycles. The first-order valence-corrected chi connectivity index (χ1v) is 7.67. The summed E-state index contributed by atoms with van der Waals surface area (Å²) in [5, 5.41) is 0. The predicted octanol–water partition coefficient (Wildman–Crippen LogP) is 1.69. The molecule has 0 spiro atoms. The van der Waals surface area contributed by atoms with Crippen LogP contribution in [0.2, 0.25) is 0 Å². The van der Waals surface area contributed by atoms with E-state index in [1.165, 1.54) is 0 Å². The smallest absolute Gasteiger partial charge is 0.410 e. The molecular weight excluding hydrogens is 272 g/mol.